The molecule has 0 aliphatic carbocycles. The van der Waals surface area contributed by atoms with Crippen LogP contribution >= 0.6 is 11.6 Å². The summed E-state index contributed by atoms with van der Waals surface area (Å²) in [6.07, 6.45) is 5.99. The number of hydrogen-bond acceptors (Lipinski definition) is 5. The van der Waals surface area contributed by atoms with Crippen LogP contribution in [0.4, 0.5) is 5.69 Å². The largest absolute Gasteiger partial charge is 0.478 e. The maximum atomic E-state index is 11.4. The number of ether oxygens (including phenoxy) is 1. The highest BCUT2D eigenvalue weighted by atomic mass is 35.5. The van der Waals surface area contributed by atoms with Gasteiger partial charge in [-0.1, -0.05) is 11.6 Å². The number of nitrogens with one attached hydrogen (secondary N) is 1. The lowest BCUT2D eigenvalue weighted by molar-refractivity contribution is -0.131. The van der Waals surface area contributed by atoms with Gasteiger partial charge in [-0.25, -0.2) is 9.78 Å². The Bertz CT molecular complexity index is 716. The van der Waals surface area contributed by atoms with Gasteiger partial charge in [-0.15, -0.1) is 0 Å². The van der Waals surface area contributed by atoms with Gasteiger partial charge in [0.05, 0.1) is 23.1 Å². The predicted molar refractivity (Wildman–Crippen MR) is 79.0 cm³/mol. The Morgan fingerprint density at radius 2 is 2.05 bits per heavy atom. The molecule has 0 saturated heterocycles. The van der Waals surface area contributed by atoms with Crippen LogP contribution in [0.25, 0.3) is 0 Å². The Morgan fingerprint density at radius 3 is 2.68 bits per heavy atom. The van der Waals surface area contributed by atoms with E-state index in [1.54, 1.807) is 12.1 Å². The summed E-state index contributed by atoms with van der Waals surface area (Å²) in [7, 11) is 0. The van der Waals surface area contributed by atoms with E-state index in [0.29, 0.717) is 22.3 Å². The van der Waals surface area contributed by atoms with Crippen molar-refractivity contribution in [2.75, 3.05) is 5.32 Å². The van der Waals surface area contributed by atoms with Gasteiger partial charge < -0.3 is 15.2 Å². The van der Waals surface area contributed by atoms with E-state index in [-0.39, 0.29) is 0 Å². The Hall–Kier alpha value is -2.93. The summed E-state index contributed by atoms with van der Waals surface area (Å²) >= 11 is 5.79. The number of aromatic nitrogens is 2. The van der Waals surface area contributed by atoms with E-state index < -0.39 is 11.9 Å². The van der Waals surface area contributed by atoms with Gasteiger partial charge in [0.25, 0.3) is 0 Å². The lowest BCUT2D eigenvalue weighted by atomic mass is 10.4. The number of anilines is 1. The molecule has 0 atom stereocenters. The van der Waals surface area contributed by atoms with Crippen LogP contribution < -0.4 is 10.1 Å². The van der Waals surface area contributed by atoms with E-state index in [9.17, 15) is 9.59 Å². The monoisotopic (exact) mass is 319 g/mol. The average Bonchev–Trinajstić information content (AvgIpc) is 2.47. The first-order valence-corrected chi connectivity index (χ1v) is 6.37. The van der Waals surface area contributed by atoms with Crippen molar-refractivity contribution in [3.05, 3.63) is 54.0 Å². The Labute approximate surface area is 130 Å². The van der Waals surface area contributed by atoms with Crippen molar-refractivity contribution in [2.45, 2.75) is 0 Å². The first kappa shape index (κ1) is 15.5. The number of amides is 1. The number of carbonyl (C=O) groups excluding carboxylic acids is 1. The minimum absolute atomic E-state index is 0.295. The van der Waals surface area contributed by atoms with E-state index in [1.165, 1.54) is 24.7 Å². The predicted octanol–water partition coefficient (Wildman–Crippen LogP) is 2.50. The zero-order valence-electron chi connectivity index (χ0n) is 11.1. The van der Waals surface area contributed by atoms with Crippen molar-refractivity contribution in [3.8, 4) is 11.6 Å². The van der Waals surface area contributed by atoms with Crippen LogP contribution in [-0.2, 0) is 9.59 Å². The Kier molecular flexibility index (Phi) is 5.05. The molecule has 0 fully saturated rings. The topological polar surface area (TPSA) is 101 Å². The molecule has 2 aromatic heterocycles. The molecule has 0 bridgehead atoms. The third kappa shape index (κ3) is 4.88. The number of nitrogens with zero attached hydrogens (tertiary/aromatic N) is 2. The van der Waals surface area contributed by atoms with E-state index >= 15 is 0 Å². The minimum Gasteiger partial charge on any atom is -0.478 e. The molecule has 0 spiro atoms. The summed E-state index contributed by atoms with van der Waals surface area (Å²) < 4.78 is 5.44. The summed E-state index contributed by atoms with van der Waals surface area (Å²) in [6, 6.07) is 4.69. The minimum atomic E-state index is -1.20. The number of halogens is 1. The van der Waals surface area contributed by atoms with Gasteiger partial charge in [0.1, 0.15) is 5.75 Å². The number of carbonyl (C=O) groups is 2. The van der Waals surface area contributed by atoms with Crippen molar-refractivity contribution in [1.82, 2.24) is 9.97 Å². The molecule has 0 aromatic carbocycles. The molecular formula is C14H10ClN3O4. The van der Waals surface area contributed by atoms with Crippen LogP contribution in [0.5, 0.6) is 11.6 Å². The van der Waals surface area contributed by atoms with Crippen LogP contribution in [0.1, 0.15) is 0 Å². The van der Waals surface area contributed by atoms with Gasteiger partial charge >= 0.3 is 5.97 Å². The Balaban J connectivity index is 1.98. The quantitative estimate of drug-likeness (QED) is 0.821. The van der Waals surface area contributed by atoms with E-state index in [2.05, 4.69) is 15.3 Å². The van der Waals surface area contributed by atoms with Crippen molar-refractivity contribution >= 4 is 29.2 Å². The first-order valence-electron chi connectivity index (χ1n) is 5.99. The highest BCUT2D eigenvalue weighted by Gasteiger charge is 2.03. The van der Waals surface area contributed by atoms with Crippen LogP contribution in [0.15, 0.2) is 48.9 Å². The van der Waals surface area contributed by atoms with Crippen LogP contribution in [0.2, 0.25) is 5.02 Å². The first-order chi connectivity index (χ1) is 10.5. The standard InChI is InChI=1S/C14H10ClN3O4/c15-9-5-11(8-16-6-9)22-13-3-1-10(7-17-13)18-12(19)2-4-14(20)21/h1-8H,(H,18,19)(H,20,21). The van der Waals surface area contributed by atoms with Crippen LogP contribution in [0, 0.1) is 0 Å². The normalized spacial score (nSPS) is 10.4. The molecule has 112 valence electrons. The van der Waals surface area contributed by atoms with Crippen molar-refractivity contribution in [1.29, 1.82) is 0 Å². The van der Waals surface area contributed by atoms with Gasteiger partial charge in [0.2, 0.25) is 11.8 Å². The van der Waals surface area contributed by atoms with Crippen molar-refractivity contribution in [3.63, 3.8) is 0 Å². The highest BCUT2D eigenvalue weighted by Crippen LogP contribution is 2.22. The molecule has 0 radical (unpaired) electrons. The fourth-order valence-electron chi connectivity index (χ4n) is 1.41. The second-order valence-corrected chi connectivity index (χ2v) is 4.42. The van der Waals surface area contributed by atoms with Crippen molar-refractivity contribution in [2.24, 2.45) is 0 Å². The Morgan fingerprint density at radius 1 is 1.23 bits per heavy atom. The van der Waals surface area contributed by atoms with Gasteiger partial charge in [0.15, 0.2) is 0 Å². The van der Waals surface area contributed by atoms with Gasteiger partial charge in [-0.3, -0.25) is 9.78 Å². The lowest BCUT2D eigenvalue weighted by Crippen LogP contribution is -2.08. The molecule has 0 saturated carbocycles. The molecule has 2 N–H and O–H groups in total. The highest BCUT2D eigenvalue weighted by molar-refractivity contribution is 6.30. The second kappa shape index (κ2) is 7.19. The molecule has 0 aliphatic heterocycles. The second-order valence-electron chi connectivity index (χ2n) is 3.99. The summed E-state index contributed by atoms with van der Waals surface area (Å²) in [5.74, 6) is -1.05. The molecular weight excluding hydrogens is 310 g/mol. The maximum Gasteiger partial charge on any atom is 0.328 e. The number of carboxylic acid groups (broad SMARTS) is 1. The fourth-order valence-corrected chi connectivity index (χ4v) is 1.58. The number of carboxylic acids is 1. The molecule has 7 nitrogen and oxygen atoms in total. The summed E-state index contributed by atoms with van der Waals surface area (Å²) in [4.78, 5) is 29.6. The molecule has 8 heteroatoms. The lowest BCUT2D eigenvalue weighted by Gasteiger charge is -2.06. The SMILES string of the molecule is O=C(O)C=CC(=O)Nc1ccc(Oc2cncc(Cl)c2)nc1. The average molecular weight is 320 g/mol. The zero-order chi connectivity index (χ0) is 15.9. The van der Waals surface area contributed by atoms with E-state index in [4.69, 9.17) is 21.4 Å². The number of aliphatic carboxylic acids is 1. The molecule has 2 rings (SSSR count). The third-order valence-corrected chi connectivity index (χ3v) is 2.49. The zero-order valence-corrected chi connectivity index (χ0v) is 11.8. The third-order valence-electron chi connectivity index (χ3n) is 2.28. The maximum absolute atomic E-state index is 11.4. The number of hydrogen-bond donors (Lipinski definition) is 2. The number of rotatable bonds is 5. The van der Waals surface area contributed by atoms with Crippen molar-refractivity contribution < 1.29 is 19.4 Å². The van der Waals surface area contributed by atoms with E-state index in [0.717, 1.165) is 12.2 Å². The molecule has 2 aromatic rings. The fraction of sp³-hybridized carbons (Fsp3) is 0. The summed E-state index contributed by atoms with van der Waals surface area (Å²) in [6.45, 7) is 0. The molecule has 2 heterocycles. The van der Waals surface area contributed by atoms with Gasteiger partial charge in [0, 0.05) is 30.5 Å². The van der Waals surface area contributed by atoms with Crippen LogP contribution in [-0.4, -0.2) is 27.0 Å². The molecule has 0 aliphatic rings. The smallest absolute Gasteiger partial charge is 0.328 e. The van der Waals surface area contributed by atoms with Gasteiger partial charge in [-0.2, -0.15) is 0 Å². The van der Waals surface area contributed by atoms with E-state index in [1.807, 2.05) is 0 Å². The summed E-state index contributed by atoms with van der Waals surface area (Å²) in [5.41, 5.74) is 0.400. The van der Waals surface area contributed by atoms with Gasteiger partial charge in [-0.05, 0) is 6.07 Å². The molecule has 0 unspecified atom stereocenters. The molecule has 1 amide bonds. The summed E-state index contributed by atoms with van der Waals surface area (Å²) in [5, 5.41) is 11.3. The van der Waals surface area contributed by atoms with Crippen LogP contribution in [0.3, 0.4) is 0 Å². The molecule has 22 heavy (non-hydrogen) atoms. The number of pyridine rings is 2.